The number of nitrogens with one attached hydrogen (secondary N) is 2. The van der Waals surface area contributed by atoms with Crippen molar-refractivity contribution < 1.29 is 14.6 Å². The van der Waals surface area contributed by atoms with Crippen LogP contribution in [0.15, 0.2) is 42.5 Å². The highest BCUT2D eigenvalue weighted by Crippen LogP contribution is 2.36. The standard InChI is InChI=1S/C27H30ClN5O3/c28-21-13-16(1-4-24(21)36-18-5-7-30-8-6-18)22-15-20(27(29)34)26-25(31-22)19-3-2-17(14-23(19)32-26)33-9-11-35-12-10-33/h1-4,13-15,18,27,30,32,34H,5-12,29H2. The van der Waals surface area contributed by atoms with Crippen molar-refractivity contribution >= 4 is 39.2 Å². The highest BCUT2D eigenvalue weighted by molar-refractivity contribution is 6.32. The number of morpholine rings is 1. The highest BCUT2D eigenvalue weighted by atomic mass is 35.5. The maximum atomic E-state index is 10.4. The van der Waals surface area contributed by atoms with Crippen molar-refractivity contribution in [2.45, 2.75) is 25.2 Å². The number of hydrogen-bond donors (Lipinski definition) is 4. The molecule has 0 spiro atoms. The topological polar surface area (TPSA) is 109 Å². The molecule has 2 aliphatic heterocycles. The van der Waals surface area contributed by atoms with Crippen molar-refractivity contribution in [2.24, 2.45) is 5.73 Å². The Morgan fingerprint density at radius 2 is 1.92 bits per heavy atom. The monoisotopic (exact) mass is 507 g/mol. The number of halogens is 1. The molecule has 9 heteroatoms. The fraction of sp³-hybridized carbons (Fsp3) is 0.370. The van der Waals surface area contributed by atoms with E-state index in [0.29, 0.717) is 22.0 Å². The van der Waals surface area contributed by atoms with Crippen LogP contribution in [0.25, 0.3) is 33.2 Å². The third kappa shape index (κ3) is 4.51. The summed E-state index contributed by atoms with van der Waals surface area (Å²) in [6.07, 6.45) is 0.930. The zero-order valence-corrected chi connectivity index (χ0v) is 20.7. The SMILES string of the molecule is NC(O)c1cc(-c2ccc(OC3CCNCC3)c(Cl)c2)nc2c1[nH]c1cc(N3CCOCC3)ccc12. The van der Waals surface area contributed by atoms with E-state index in [1.807, 2.05) is 24.3 Å². The summed E-state index contributed by atoms with van der Waals surface area (Å²) in [7, 11) is 0. The first kappa shape index (κ1) is 23.5. The minimum atomic E-state index is -1.15. The minimum absolute atomic E-state index is 0.164. The Morgan fingerprint density at radius 1 is 1.11 bits per heavy atom. The normalized spacial score (nSPS) is 18.1. The first-order valence-corrected chi connectivity index (χ1v) is 12.8. The van der Waals surface area contributed by atoms with Gasteiger partial charge < -0.3 is 35.5 Å². The number of aliphatic hydroxyl groups excluding tert-OH is 1. The van der Waals surface area contributed by atoms with Crippen LogP contribution >= 0.6 is 11.6 Å². The Balaban J connectivity index is 1.38. The molecule has 2 aromatic carbocycles. The molecular formula is C27H30ClN5O3. The lowest BCUT2D eigenvalue weighted by Gasteiger charge is -2.28. The van der Waals surface area contributed by atoms with E-state index in [9.17, 15) is 5.11 Å². The summed E-state index contributed by atoms with van der Waals surface area (Å²) in [6, 6.07) is 13.8. The van der Waals surface area contributed by atoms with Crippen LogP contribution in [0.4, 0.5) is 5.69 Å². The molecule has 0 amide bonds. The number of hydrogen-bond acceptors (Lipinski definition) is 7. The maximum Gasteiger partial charge on any atom is 0.138 e. The number of fused-ring (bicyclic) bond motifs is 3. The number of rotatable bonds is 5. The van der Waals surface area contributed by atoms with E-state index in [4.69, 9.17) is 31.8 Å². The number of anilines is 1. The van der Waals surface area contributed by atoms with Gasteiger partial charge in [-0.2, -0.15) is 0 Å². The van der Waals surface area contributed by atoms with Crippen molar-refractivity contribution in [3.63, 3.8) is 0 Å². The first-order valence-electron chi connectivity index (χ1n) is 12.5. The van der Waals surface area contributed by atoms with Gasteiger partial charge in [-0.3, -0.25) is 0 Å². The molecule has 36 heavy (non-hydrogen) atoms. The molecule has 2 saturated heterocycles. The number of benzene rings is 2. The second-order valence-electron chi connectivity index (χ2n) is 9.43. The fourth-order valence-corrected chi connectivity index (χ4v) is 5.34. The quantitative estimate of drug-likeness (QED) is 0.303. The van der Waals surface area contributed by atoms with E-state index >= 15 is 0 Å². The molecule has 4 aromatic rings. The molecule has 2 fully saturated rings. The smallest absolute Gasteiger partial charge is 0.138 e. The van der Waals surface area contributed by atoms with Crippen molar-refractivity contribution in [3.8, 4) is 17.0 Å². The number of aromatic amines is 1. The summed E-state index contributed by atoms with van der Waals surface area (Å²) in [5.74, 6) is 0.676. The first-order chi connectivity index (χ1) is 17.6. The predicted octanol–water partition coefficient (Wildman–Crippen LogP) is 3.95. The molecule has 0 radical (unpaired) electrons. The van der Waals surface area contributed by atoms with Gasteiger partial charge in [0.05, 0.1) is 40.5 Å². The Hall–Kier alpha value is -2.88. The average Bonchev–Trinajstić information content (AvgIpc) is 3.28. The molecule has 4 heterocycles. The third-order valence-electron chi connectivity index (χ3n) is 7.07. The number of aliphatic hydroxyl groups is 1. The molecule has 188 valence electrons. The molecule has 0 aliphatic carbocycles. The van der Waals surface area contributed by atoms with Gasteiger partial charge in [-0.05, 0) is 68.4 Å². The van der Waals surface area contributed by atoms with E-state index in [-0.39, 0.29) is 6.10 Å². The molecule has 8 nitrogen and oxygen atoms in total. The van der Waals surface area contributed by atoms with Gasteiger partial charge in [-0.1, -0.05) is 11.6 Å². The number of aromatic nitrogens is 2. The number of nitrogens with two attached hydrogens (primary N) is 1. The van der Waals surface area contributed by atoms with Crippen LogP contribution in [0.1, 0.15) is 24.6 Å². The number of ether oxygens (including phenoxy) is 2. The van der Waals surface area contributed by atoms with Crippen molar-refractivity contribution in [2.75, 3.05) is 44.3 Å². The van der Waals surface area contributed by atoms with Gasteiger partial charge in [0.2, 0.25) is 0 Å². The van der Waals surface area contributed by atoms with Crippen molar-refractivity contribution in [1.82, 2.24) is 15.3 Å². The highest BCUT2D eigenvalue weighted by Gasteiger charge is 2.20. The van der Waals surface area contributed by atoms with Gasteiger partial charge in [0.1, 0.15) is 18.1 Å². The number of nitrogens with zero attached hydrogens (tertiary/aromatic N) is 2. The summed E-state index contributed by atoms with van der Waals surface area (Å²) < 4.78 is 11.6. The molecule has 0 saturated carbocycles. The number of piperidine rings is 1. The predicted molar refractivity (Wildman–Crippen MR) is 143 cm³/mol. The summed E-state index contributed by atoms with van der Waals surface area (Å²) in [4.78, 5) is 10.7. The third-order valence-corrected chi connectivity index (χ3v) is 7.37. The summed E-state index contributed by atoms with van der Waals surface area (Å²) >= 11 is 6.62. The zero-order chi connectivity index (χ0) is 24.6. The second-order valence-corrected chi connectivity index (χ2v) is 9.84. The Labute approximate surface area is 214 Å². The molecule has 0 bridgehead atoms. The van der Waals surface area contributed by atoms with Crippen molar-refractivity contribution in [1.29, 1.82) is 0 Å². The van der Waals surface area contributed by atoms with Gasteiger partial charge >= 0.3 is 0 Å². The summed E-state index contributed by atoms with van der Waals surface area (Å²) in [5, 5.41) is 15.3. The summed E-state index contributed by atoms with van der Waals surface area (Å²) in [6.45, 7) is 5.07. The Kier molecular flexibility index (Phi) is 6.45. The lowest BCUT2D eigenvalue weighted by Crippen LogP contribution is -2.36. The van der Waals surface area contributed by atoms with Crippen LogP contribution < -0.4 is 20.7 Å². The molecule has 2 aromatic heterocycles. The van der Waals surface area contributed by atoms with Gasteiger partial charge in [-0.15, -0.1) is 0 Å². The van der Waals surface area contributed by atoms with Crippen LogP contribution in [-0.4, -0.2) is 60.6 Å². The molecule has 5 N–H and O–H groups in total. The lowest BCUT2D eigenvalue weighted by molar-refractivity contribution is 0.122. The van der Waals surface area contributed by atoms with Crippen LogP contribution in [0.3, 0.4) is 0 Å². The molecule has 2 aliphatic rings. The zero-order valence-electron chi connectivity index (χ0n) is 20.0. The molecule has 1 atom stereocenters. The van der Waals surface area contributed by atoms with Gasteiger partial charge in [0.15, 0.2) is 0 Å². The molecular weight excluding hydrogens is 478 g/mol. The van der Waals surface area contributed by atoms with E-state index < -0.39 is 6.23 Å². The molecule has 6 rings (SSSR count). The van der Waals surface area contributed by atoms with Crippen LogP contribution in [0.2, 0.25) is 5.02 Å². The van der Waals surface area contributed by atoms with Gasteiger partial charge in [0.25, 0.3) is 0 Å². The molecule has 1 unspecified atom stereocenters. The van der Waals surface area contributed by atoms with Gasteiger partial charge in [-0.25, -0.2) is 4.98 Å². The lowest BCUT2D eigenvalue weighted by atomic mass is 10.1. The van der Waals surface area contributed by atoms with E-state index in [1.54, 1.807) is 0 Å². The van der Waals surface area contributed by atoms with E-state index in [2.05, 4.69) is 33.4 Å². The average molecular weight is 508 g/mol. The largest absolute Gasteiger partial charge is 0.489 e. The van der Waals surface area contributed by atoms with E-state index in [1.165, 1.54) is 0 Å². The number of H-pyrrole nitrogens is 1. The summed E-state index contributed by atoms with van der Waals surface area (Å²) in [5.41, 5.74) is 11.7. The van der Waals surface area contributed by atoms with Crippen LogP contribution in [-0.2, 0) is 4.74 Å². The van der Waals surface area contributed by atoms with Crippen LogP contribution in [0.5, 0.6) is 5.75 Å². The second kappa shape index (κ2) is 9.88. The maximum absolute atomic E-state index is 10.4. The Bertz CT molecular complexity index is 1390. The minimum Gasteiger partial charge on any atom is -0.489 e. The Morgan fingerprint density at radius 3 is 2.67 bits per heavy atom. The van der Waals surface area contributed by atoms with E-state index in [0.717, 1.165) is 85.4 Å². The van der Waals surface area contributed by atoms with Crippen molar-refractivity contribution in [3.05, 3.63) is 53.1 Å². The fourth-order valence-electron chi connectivity index (χ4n) is 5.12. The van der Waals surface area contributed by atoms with Gasteiger partial charge in [0, 0.05) is 35.3 Å². The van der Waals surface area contributed by atoms with Crippen LogP contribution in [0, 0.1) is 0 Å². The number of pyridine rings is 1.